The first kappa shape index (κ1) is 14.8. The van der Waals surface area contributed by atoms with Gasteiger partial charge in [-0.15, -0.1) is 0 Å². The van der Waals surface area contributed by atoms with Gasteiger partial charge in [0.25, 0.3) is 0 Å². The summed E-state index contributed by atoms with van der Waals surface area (Å²) in [4.78, 5) is 14.2. The van der Waals surface area contributed by atoms with E-state index in [0.29, 0.717) is 12.5 Å². The summed E-state index contributed by atoms with van der Waals surface area (Å²) in [5, 5.41) is 0. The van der Waals surface area contributed by atoms with Crippen LogP contribution in [0.3, 0.4) is 0 Å². The van der Waals surface area contributed by atoms with E-state index in [9.17, 15) is 0 Å². The largest absolute Gasteiger partial charge is 0.496 e. The van der Waals surface area contributed by atoms with Crippen LogP contribution in [0, 0.1) is 0 Å². The van der Waals surface area contributed by atoms with Crippen LogP contribution in [0.25, 0.3) is 0 Å². The number of para-hydroxylation sites is 1. The molecular weight excluding hydrogens is 272 g/mol. The molecule has 21 heavy (non-hydrogen) atoms. The number of nitrogens with zero attached hydrogens (tertiary/aromatic N) is 4. The van der Waals surface area contributed by atoms with Crippen LogP contribution >= 0.6 is 0 Å². The van der Waals surface area contributed by atoms with Gasteiger partial charge >= 0.3 is 6.01 Å². The number of nitrogens with one attached hydrogen (secondary N) is 1. The maximum Gasteiger partial charge on any atom is 0.322 e. The van der Waals surface area contributed by atoms with Crippen molar-refractivity contribution in [2.75, 3.05) is 31.6 Å². The van der Waals surface area contributed by atoms with Crippen molar-refractivity contribution in [2.45, 2.75) is 6.54 Å². The van der Waals surface area contributed by atoms with Gasteiger partial charge in [0.05, 0.1) is 14.2 Å². The highest BCUT2D eigenvalue weighted by molar-refractivity contribution is 5.41. The summed E-state index contributed by atoms with van der Waals surface area (Å²) in [5.41, 5.74) is 3.41. The van der Waals surface area contributed by atoms with Crippen LogP contribution in [0.4, 0.5) is 11.9 Å². The Morgan fingerprint density at radius 2 is 1.90 bits per heavy atom. The van der Waals surface area contributed by atoms with E-state index in [4.69, 9.17) is 15.3 Å². The Balaban J connectivity index is 2.25. The van der Waals surface area contributed by atoms with Crippen molar-refractivity contribution in [1.29, 1.82) is 0 Å². The smallest absolute Gasteiger partial charge is 0.322 e. The fraction of sp³-hybridized carbons (Fsp3) is 0.308. The minimum atomic E-state index is 0.194. The molecule has 3 N–H and O–H groups in total. The number of nitrogens with two attached hydrogens (primary N) is 1. The summed E-state index contributed by atoms with van der Waals surface area (Å²) >= 11 is 0. The molecule has 0 saturated carbocycles. The van der Waals surface area contributed by atoms with Crippen LogP contribution < -0.4 is 25.6 Å². The molecule has 0 saturated heterocycles. The zero-order chi connectivity index (χ0) is 15.2. The third-order valence-electron chi connectivity index (χ3n) is 2.86. The molecule has 0 radical (unpaired) electrons. The van der Waals surface area contributed by atoms with Crippen LogP contribution in [0.1, 0.15) is 5.56 Å². The maximum atomic E-state index is 5.34. The van der Waals surface area contributed by atoms with Crippen molar-refractivity contribution in [3.05, 3.63) is 29.8 Å². The summed E-state index contributed by atoms with van der Waals surface area (Å²) in [6.07, 6.45) is 0. The fourth-order valence-corrected chi connectivity index (χ4v) is 1.83. The number of anilines is 2. The lowest BCUT2D eigenvalue weighted by atomic mass is 10.2. The second-order valence-electron chi connectivity index (χ2n) is 4.26. The topological polar surface area (TPSA) is 98.4 Å². The highest BCUT2D eigenvalue weighted by Gasteiger charge is 2.12. The van der Waals surface area contributed by atoms with Crippen molar-refractivity contribution in [3.8, 4) is 11.8 Å². The second kappa shape index (κ2) is 6.71. The normalized spacial score (nSPS) is 10.1. The molecule has 8 heteroatoms. The van der Waals surface area contributed by atoms with E-state index in [1.807, 2.05) is 36.2 Å². The van der Waals surface area contributed by atoms with Gasteiger partial charge in [0.1, 0.15) is 5.75 Å². The molecule has 2 aromatic rings. The zero-order valence-electron chi connectivity index (χ0n) is 12.2. The van der Waals surface area contributed by atoms with Crippen molar-refractivity contribution in [2.24, 2.45) is 5.84 Å². The molecule has 1 aromatic carbocycles. The number of benzene rings is 1. The van der Waals surface area contributed by atoms with Crippen molar-refractivity contribution < 1.29 is 9.47 Å². The molecule has 2 rings (SSSR count). The molecule has 0 fully saturated rings. The SMILES string of the molecule is COc1nc(NN)nc(N(C)Cc2ccccc2OC)n1. The molecule has 0 spiro atoms. The van der Waals surface area contributed by atoms with Gasteiger partial charge in [-0.05, 0) is 6.07 Å². The first-order valence-corrected chi connectivity index (χ1v) is 6.27. The quantitative estimate of drug-likeness (QED) is 0.596. The van der Waals surface area contributed by atoms with Crippen LogP contribution in [-0.4, -0.2) is 36.2 Å². The summed E-state index contributed by atoms with van der Waals surface area (Å²) in [6, 6.07) is 7.96. The monoisotopic (exact) mass is 290 g/mol. The highest BCUT2D eigenvalue weighted by atomic mass is 16.5. The second-order valence-corrected chi connectivity index (χ2v) is 4.26. The molecule has 1 heterocycles. The van der Waals surface area contributed by atoms with E-state index in [-0.39, 0.29) is 12.0 Å². The molecule has 112 valence electrons. The number of hydrogen-bond donors (Lipinski definition) is 2. The molecular formula is C13H18N6O2. The number of hydrogen-bond acceptors (Lipinski definition) is 8. The van der Waals surface area contributed by atoms with Gasteiger partial charge in [-0.25, -0.2) is 5.84 Å². The zero-order valence-corrected chi connectivity index (χ0v) is 12.2. The number of methoxy groups -OCH3 is 2. The minimum absolute atomic E-state index is 0.194. The van der Waals surface area contributed by atoms with E-state index in [1.165, 1.54) is 7.11 Å². The summed E-state index contributed by atoms with van der Waals surface area (Å²) < 4.78 is 10.4. The summed E-state index contributed by atoms with van der Waals surface area (Å²) in [6.45, 7) is 0.571. The molecule has 8 nitrogen and oxygen atoms in total. The van der Waals surface area contributed by atoms with E-state index < -0.39 is 0 Å². The van der Waals surface area contributed by atoms with Crippen molar-refractivity contribution in [3.63, 3.8) is 0 Å². The van der Waals surface area contributed by atoms with Crippen molar-refractivity contribution in [1.82, 2.24) is 15.0 Å². The minimum Gasteiger partial charge on any atom is -0.496 e. The highest BCUT2D eigenvalue weighted by Crippen LogP contribution is 2.21. The molecule has 0 aliphatic carbocycles. The Labute approximate surface area is 122 Å². The lowest BCUT2D eigenvalue weighted by Gasteiger charge is -2.19. The molecule has 0 bridgehead atoms. The number of nitrogen functional groups attached to an aromatic ring is 1. The summed E-state index contributed by atoms with van der Waals surface area (Å²) in [7, 11) is 4.99. The van der Waals surface area contributed by atoms with Gasteiger partial charge in [0, 0.05) is 19.2 Å². The number of aromatic nitrogens is 3. The molecule has 0 aliphatic heterocycles. The van der Waals surface area contributed by atoms with Crippen molar-refractivity contribution >= 4 is 11.9 Å². The predicted molar refractivity (Wildman–Crippen MR) is 79.3 cm³/mol. The summed E-state index contributed by atoms with van der Waals surface area (Å²) in [5.74, 6) is 6.84. The predicted octanol–water partition coefficient (Wildman–Crippen LogP) is 0.811. The Hall–Kier alpha value is -2.61. The molecule has 0 unspecified atom stereocenters. The molecule has 0 aliphatic rings. The van der Waals surface area contributed by atoms with E-state index in [1.54, 1.807) is 7.11 Å². The van der Waals surface area contributed by atoms with Gasteiger partial charge < -0.3 is 14.4 Å². The van der Waals surface area contributed by atoms with Crippen LogP contribution in [0.2, 0.25) is 0 Å². The van der Waals surface area contributed by atoms with Gasteiger partial charge in [-0.3, -0.25) is 5.43 Å². The van der Waals surface area contributed by atoms with Gasteiger partial charge in [-0.1, -0.05) is 18.2 Å². The van der Waals surface area contributed by atoms with Crippen LogP contribution in [0.5, 0.6) is 11.8 Å². The van der Waals surface area contributed by atoms with Gasteiger partial charge in [-0.2, -0.15) is 15.0 Å². The van der Waals surface area contributed by atoms with Crippen LogP contribution in [-0.2, 0) is 6.54 Å². The molecule has 0 atom stereocenters. The van der Waals surface area contributed by atoms with Crippen LogP contribution in [0.15, 0.2) is 24.3 Å². The number of hydrazine groups is 1. The number of ether oxygens (including phenoxy) is 2. The molecule has 0 amide bonds. The van der Waals surface area contributed by atoms with E-state index in [0.717, 1.165) is 11.3 Å². The van der Waals surface area contributed by atoms with Gasteiger partial charge in [0.15, 0.2) is 0 Å². The average molecular weight is 290 g/mol. The Morgan fingerprint density at radius 3 is 2.57 bits per heavy atom. The van der Waals surface area contributed by atoms with E-state index >= 15 is 0 Å². The Bertz CT molecular complexity index is 585. The first-order valence-electron chi connectivity index (χ1n) is 6.27. The van der Waals surface area contributed by atoms with E-state index in [2.05, 4.69) is 20.4 Å². The third kappa shape index (κ3) is 3.48. The third-order valence-corrected chi connectivity index (χ3v) is 2.86. The fourth-order valence-electron chi connectivity index (χ4n) is 1.83. The molecule has 1 aromatic heterocycles. The Kier molecular flexibility index (Phi) is 4.72. The number of rotatable bonds is 6. The lowest BCUT2D eigenvalue weighted by molar-refractivity contribution is 0.378. The lowest BCUT2D eigenvalue weighted by Crippen LogP contribution is -2.22. The maximum absolute atomic E-state index is 5.34. The standard InChI is InChI=1S/C13H18N6O2/c1-19(8-9-6-4-5-7-10(9)20-2)12-15-11(18-14)16-13(17-12)21-3/h4-7H,8,14H2,1-3H3,(H,15,16,17,18). The first-order chi connectivity index (χ1) is 10.2. The Morgan fingerprint density at radius 1 is 1.14 bits per heavy atom. The van der Waals surface area contributed by atoms with Gasteiger partial charge in [0.2, 0.25) is 11.9 Å². The average Bonchev–Trinajstić information content (AvgIpc) is 2.54.